The van der Waals surface area contributed by atoms with Crippen LogP contribution in [0.5, 0.6) is 0 Å². The summed E-state index contributed by atoms with van der Waals surface area (Å²) in [5.41, 5.74) is 2.66. The number of aromatic nitrogens is 1. The van der Waals surface area contributed by atoms with Gasteiger partial charge in [0.2, 0.25) is 0 Å². The van der Waals surface area contributed by atoms with Gasteiger partial charge in [0.05, 0.1) is 0 Å². The second-order valence-electron chi connectivity index (χ2n) is 3.41. The van der Waals surface area contributed by atoms with E-state index in [1.807, 2.05) is 0 Å². The highest BCUT2D eigenvalue weighted by atomic mass is 14.9. The summed E-state index contributed by atoms with van der Waals surface area (Å²) in [6.45, 7) is 4.43. The van der Waals surface area contributed by atoms with Crippen molar-refractivity contribution >= 4 is 5.52 Å². The average molecular weight is 159 g/mol. The zero-order chi connectivity index (χ0) is 8.55. The van der Waals surface area contributed by atoms with E-state index >= 15 is 0 Å². The molecule has 0 spiro atoms. The molecule has 0 aliphatic heterocycles. The van der Waals surface area contributed by atoms with Crippen molar-refractivity contribution in [2.45, 2.75) is 19.8 Å². The molecule has 2 rings (SSSR count). The van der Waals surface area contributed by atoms with Crippen molar-refractivity contribution in [3.63, 3.8) is 0 Å². The summed E-state index contributed by atoms with van der Waals surface area (Å²) in [4.78, 5) is 0. The summed E-state index contributed by atoms with van der Waals surface area (Å²) in [7, 11) is 0. The van der Waals surface area contributed by atoms with Crippen LogP contribution in [0.25, 0.3) is 5.52 Å². The van der Waals surface area contributed by atoms with Gasteiger partial charge in [-0.3, -0.25) is 0 Å². The number of pyridine rings is 1. The van der Waals surface area contributed by atoms with Gasteiger partial charge in [0, 0.05) is 17.4 Å². The summed E-state index contributed by atoms with van der Waals surface area (Å²) >= 11 is 0. The second kappa shape index (κ2) is 2.67. The van der Waals surface area contributed by atoms with Crippen LogP contribution < -0.4 is 0 Å². The molecule has 0 saturated heterocycles. The molecule has 0 amide bonds. The van der Waals surface area contributed by atoms with Gasteiger partial charge in [0.1, 0.15) is 0 Å². The summed E-state index contributed by atoms with van der Waals surface area (Å²) < 4.78 is 2.24. The van der Waals surface area contributed by atoms with Crippen LogP contribution in [0.4, 0.5) is 0 Å². The monoisotopic (exact) mass is 159 g/mol. The van der Waals surface area contributed by atoms with E-state index in [0.29, 0.717) is 5.92 Å². The second-order valence-corrected chi connectivity index (χ2v) is 3.41. The number of fused-ring (bicyclic) bond motifs is 1. The third-order valence-corrected chi connectivity index (χ3v) is 2.19. The molecule has 1 nitrogen and oxygen atoms in total. The van der Waals surface area contributed by atoms with Crippen molar-refractivity contribution in [1.29, 1.82) is 0 Å². The summed E-state index contributed by atoms with van der Waals surface area (Å²) in [5, 5.41) is 0. The average Bonchev–Trinajstić information content (AvgIpc) is 2.47. The van der Waals surface area contributed by atoms with Crippen LogP contribution in [0, 0.1) is 0 Å². The number of hydrogen-bond donors (Lipinski definition) is 0. The Labute approximate surface area is 72.6 Å². The topological polar surface area (TPSA) is 4.41 Å². The standard InChI is InChI=1S/C11H13N/c1-9(2)11-7-6-10-5-3-4-8-12(10)11/h3-9H,1-2H3. The van der Waals surface area contributed by atoms with Gasteiger partial charge in [-0.15, -0.1) is 0 Å². The van der Waals surface area contributed by atoms with Crippen molar-refractivity contribution in [3.8, 4) is 0 Å². The molecule has 2 aromatic heterocycles. The SMILES string of the molecule is CC(C)c1ccc2ccccn12. The lowest BCUT2D eigenvalue weighted by molar-refractivity contribution is 0.809. The molecule has 0 atom stereocenters. The van der Waals surface area contributed by atoms with Crippen LogP contribution in [-0.2, 0) is 0 Å². The molecular weight excluding hydrogens is 146 g/mol. The highest BCUT2D eigenvalue weighted by Crippen LogP contribution is 2.17. The van der Waals surface area contributed by atoms with E-state index in [0.717, 1.165) is 0 Å². The Bertz CT molecular complexity index is 385. The minimum atomic E-state index is 0.592. The van der Waals surface area contributed by atoms with E-state index in [2.05, 4.69) is 54.8 Å². The zero-order valence-corrected chi connectivity index (χ0v) is 7.49. The highest BCUT2D eigenvalue weighted by Gasteiger charge is 2.03. The number of nitrogens with zero attached hydrogens (tertiary/aromatic N) is 1. The van der Waals surface area contributed by atoms with Gasteiger partial charge < -0.3 is 4.40 Å². The molecule has 62 valence electrons. The molecule has 0 radical (unpaired) electrons. The smallest absolute Gasteiger partial charge is 0.0453 e. The molecule has 0 aliphatic rings. The van der Waals surface area contributed by atoms with Crippen molar-refractivity contribution in [2.75, 3.05) is 0 Å². The van der Waals surface area contributed by atoms with Crippen LogP contribution in [0.2, 0.25) is 0 Å². The van der Waals surface area contributed by atoms with Crippen molar-refractivity contribution in [1.82, 2.24) is 4.40 Å². The van der Waals surface area contributed by atoms with E-state index in [1.165, 1.54) is 11.2 Å². The molecule has 0 unspecified atom stereocenters. The van der Waals surface area contributed by atoms with Crippen molar-refractivity contribution in [2.24, 2.45) is 0 Å². The van der Waals surface area contributed by atoms with E-state index in [9.17, 15) is 0 Å². The van der Waals surface area contributed by atoms with Crippen LogP contribution >= 0.6 is 0 Å². The Hall–Kier alpha value is -1.24. The summed E-state index contributed by atoms with van der Waals surface area (Å²) in [6, 6.07) is 10.6. The van der Waals surface area contributed by atoms with Gasteiger partial charge in [0.25, 0.3) is 0 Å². The molecule has 0 bridgehead atoms. The Morgan fingerprint density at radius 1 is 1.08 bits per heavy atom. The van der Waals surface area contributed by atoms with E-state index in [4.69, 9.17) is 0 Å². The molecule has 0 aliphatic carbocycles. The van der Waals surface area contributed by atoms with Crippen LogP contribution in [0.15, 0.2) is 36.5 Å². The van der Waals surface area contributed by atoms with E-state index < -0.39 is 0 Å². The Balaban J connectivity index is 2.70. The lowest BCUT2D eigenvalue weighted by atomic mass is 10.1. The molecule has 0 saturated carbocycles. The maximum atomic E-state index is 2.24. The molecule has 2 heterocycles. The Kier molecular flexibility index (Phi) is 1.65. The Morgan fingerprint density at radius 3 is 2.67 bits per heavy atom. The normalized spacial score (nSPS) is 11.2. The van der Waals surface area contributed by atoms with Crippen LogP contribution in [0.1, 0.15) is 25.5 Å². The number of hydrogen-bond acceptors (Lipinski definition) is 0. The highest BCUT2D eigenvalue weighted by molar-refractivity contribution is 5.49. The molecular formula is C11H13N. The fraction of sp³-hybridized carbons (Fsp3) is 0.273. The fourth-order valence-electron chi connectivity index (χ4n) is 1.55. The first-order valence-corrected chi connectivity index (χ1v) is 4.35. The predicted molar refractivity (Wildman–Crippen MR) is 51.5 cm³/mol. The van der Waals surface area contributed by atoms with Crippen LogP contribution in [0.3, 0.4) is 0 Å². The molecule has 2 aromatic rings. The maximum Gasteiger partial charge on any atom is 0.0453 e. The first kappa shape index (κ1) is 7.41. The summed E-state index contributed by atoms with van der Waals surface area (Å²) in [5.74, 6) is 0.592. The first-order chi connectivity index (χ1) is 5.79. The lowest BCUT2D eigenvalue weighted by Crippen LogP contribution is -1.93. The van der Waals surface area contributed by atoms with E-state index in [1.54, 1.807) is 0 Å². The molecule has 0 N–H and O–H groups in total. The predicted octanol–water partition coefficient (Wildman–Crippen LogP) is 3.06. The lowest BCUT2D eigenvalue weighted by Gasteiger charge is -2.04. The third kappa shape index (κ3) is 1.02. The van der Waals surface area contributed by atoms with Crippen LogP contribution in [-0.4, -0.2) is 4.40 Å². The first-order valence-electron chi connectivity index (χ1n) is 4.35. The minimum Gasteiger partial charge on any atom is -0.321 e. The summed E-state index contributed by atoms with van der Waals surface area (Å²) in [6.07, 6.45) is 2.12. The van der Waals surface area contributed by atoms with Gasteiger partial charge in [-0.25, -0.2) is 0 Å². The van der Waals surface area contributed by atoms with Gasteiger partial charge >= 0.3 is 0 Å². The van der Waals surface area contributed by atoms with Gasteiger partial charge in [-0.05, 0) is 30.2 Å². The molecule has 0 fully saturated rings. The molecule has 0 aromatic carbocycles. The molecule has 1 heteroatoms. The fourth-order valence-corrected chi connectivity index (χ4v) is 1.55. The zero-order valence-electron chi connectivity index (χ0n) is 7.49. The maximum absolute atomic E-state index is 2.24. The molecule has 12 heavy (non-hydrogen) atoms. The van der Waals surface area contributed by atoms with Gasteiger partial charge in [0.15, 0.2) is 0 Å². The quantitative estimate of drug-likeness (QED) is 0.602. The number of rotatable bonds is 1. The van der Waals surface area contributed by atoms with E-state index in [-0.39, 0.29) is 0 Å². The van der Waals surface area contributed by atoms with Crippen molar-refractivity contribution in [3.05, 3.63) is 42.2 Å². The van der Waals surface area contributed by atoms with Gasteiger partial charge in [-0.1, -0.05) is 19.9 Å². The third-order valence-electron chi connectivity index (χ3n) is 2.19. The Morgan fingerprint density at radius 2 is 1.92 bits per heavy atom. The largest absolute Gasteiger partial charge is 0.321 e. The van der Waals surface area contributed by atoms with Gasteiger partial charge in [-0.2, -0.15) is 0 Å². The van der Waals surface area contributed by atoms with Crippen molar-refractivity contribution < 1.29 is 0 Å². The minimum absolute atomic E-state index is 0.592.